The van der Waals surface area contributed by atoms with Crippen molar-refractivity contribution >= 4 is 11.8 Å². The first-order chi connectivity index (χ1) is 8.98. The molecule has 0 saturated carbocycles. The molecule has 0 aromatic heterocycles. The summed E-state index contributed by atoms with van der Waals surface area (Å²) in [6.07, 6.45) is -6.86. The van der Waals surface area contributed by atoms with Crippen molar-refractivity contribution < 1.29 is 27.8 Å². The number of alkyl halides is 3. The van der Waals surface area contributed by atoms with E-state index in [0.29, 0.717) is 30.5 Å². The minimum absolute atomic E-state index is 0.333. The first-order valence-corrected chi connectivity index (χ1v) is 6.84. The topological polar surface area (TPSA) is 38.7 Å². The van der Waals surface area contributed by atoms with E-state index in [2.05, 4.69) is 0 Å². The summed E-state index contributed by atoms with van der Waals surface area (Å²) in [4.78, 5) is 0. The smallest absolute Gasteiger partial charge is 0.415 e. The van der Waals surface area contributed by atoms with Gasteiger partial charge in [0, 0.05) is 17.1 Å². The molecule has 1 aliphatic rings. The number of hydrogen-bond donors (Lipinski definition) is 1. The second-order valence-electron chi connectivity index (χ2n) is 4.01. The summed E-state index contributed by atoms with van der Waals surface area (Å²) in [5.41, 5.74) is 0.775. The Labute approximate surface area is 112 Å². The van der Waals surface area contributed by atoms with Crippen LogP contribution in [0.15, 0.2) is 18.2 Å². The van der Waals surface area contributed by atoms with E-state index in [4.69, 9.17) is 14.6 Å². The first kappa shape index (κ1) is 14.3. The highest BCUT2D eigenvalue weighted by molar-refractivity contribution is 7.98. The molecule has 0 amide bonds. The minimum atomic E-state index is -4.57. The zero-order chi connectivity index (χ0) is 13.9. The van der Waals surface area contributed by atoms with Gasteiger partial charge < -0.3 is 14.6 Å². The number of benzene rings is 1. The highest BCUT2D eigenvalue weighted by atomic mass is 32.2. The second kappa shape index (κ2) is 5.92. The van der Waals surface area contributed by atoms with Gasteiger partial charge in [-0.15, -0.1) is 0 Å². The molecule has 1 aromatic rings. The summed E-state index contributed by atoms with van der Waals surface area (Å²) in [6.45, 7) is 0.899. The van der Waals surface area contributed by atoms with Crippen LogP contribution in [-0.4, -0.2) is 36.4 Å². The fourth-order valence-corrected chi connectivity index (χ4v) is 2.60. The molecule has 0 unspecified atom stereocenters. The van der Waals surface area contributed by atoms with Crippen molar-refractivity contribution in [2.24, 2.45) is 0 Å². The average molecular weight is 294 g/mol. The molecule has 7 heteroatoms. The molecule has 106 valence electrons. The Morgan fingerprint density at radius 3 is 2.74 bits per heavy atom. The molecule has 0 bridgehead atoms. The van der Waals surface area contributed by atoms with Gasteiger partial charge in [0.2, 0.25) is 0 Å². The van der Waals surface area contributed by atoms with Gasteiger partial charge in [-0.05, 0) is 6.07 Å². The van der Waals surface area contributed by atoms with Crippen molar-refractivity contribution in [3.05, 3.63) is 23.8 Å². The lowest BCUT2D eigenvalue weighted by molar-refractivity contribution is -0.195. The van der Waals surface area contributed by atoms with E-state index >= 15 is 0 Å². The van der Waals surface area contributed by atoms with E-state index in [1.165, 1.54) is 0 Å². The van der Waals surface area contributed by atoms with Crippen LogP contribution < -0.4 is 9.47 Å². The summed E-state index contributed by atoms with van der Waals surface area (Å²) in [7, 11) is 0. The highest BCUT2D eigenvalue weighted by Gasteiger charge is 2.37. The van der Waals surface area contributed by atoms with Gasteiger partial charge in [-0.2, -0.15) is 24.9 Å². The van der Waals surface area contributed by atoms with Crippen LogP contribution >= 0.6 is 11.8 Å². The maximum absolute atomic E-state index is 12.1. The Morgan fingerprint density at radius 1 is 1.26 bits per heavy atom. The number of hydrogen-bond acceptors (Lipinski definition) is 4. The first-order valence-electron chi connectivity index (χ1n) is 5.68. The van der Waals surface area contributed by atoms with Crippen LogP contribution in [0.5, 0.6) is 11.5 Å². The monoisotopic (exact) mass is 294 g/mol. The number of fused-ring (bicyclic) bond motifs is 1. The third-order valence-electron chi connectivity index (χ3n) is 2.56. The number of aliphatic hydroxyl groups is 1. The van der Waals surface area contributed by atoms with Crippen LogP contribution in [0, 0.1) is 0 Å². The van der Waals surface area contributed by atoms with Crippen molar-refractivity contribution in [3.8, 4) is 11.5 Å². The molecule has 0 spiro atoms. The summed E-state index contributed by atoms with van der Waals surface area (Å²) >= 11 is 1.01. The number of ether oxygens (including phenoxy) is 2. The van der Waals surface area contributed by atoms with Gasteiger partial charge in [0.05, 0.1) is 0 Å². The van der Waals surface area contributed by atoms with Crippen molar-refractivity contribution in [1.29, 1.82) is 0 Å². The van der Waals surface area contributed by atoms with Crippen LogP contribution in [0.1, 0.15) is 5.56 Å². The lowest BCUT2D eigenvalue weighted by atomic mass is 10.2. The summed E-state index contributed by atoms with van der Waals surface area (Å²) in [6, 6.07) is 5.30. The zero-order valence-corrected chi connectivity index (χ0v) is 10.8. The van der Waals surface area contributed by atoms with Gasteiger partial charge >= 0.3 is 6.18 Å². The number of aliphatic hydroxyl groups excluding tert-OH is 1. The number of para-hydroxylation sites is 1. The molecule has 0 aliphatic carbocycles. The van der Waals surface area contributed by atoms with Crippen LogP contribution in [0.2, 0.25) is 0 Å². The second-order valence-corrected chi connectivity index (χ2v) is 5.04. The molecule has 0 saturated heterocycles. The molecule has 19 heavy (non-hydrogen) atoms. The maximum atomic E-state index is 12.1. The Balaban J connectivity index is 1.93. The molecular weight excluding hydrogens is 281 g/mol. The van der Waals surface area contributed by atoms with Crippen LogP contribution in [0.25, 0.3) is 0 Å². The van der Waals surface area contributed by atoms with Gasteiger partial charge in [-0.25, -0.2) is 0 Å². The fourth-order valence-electron chi connectivity index (χ4n) is 1.62. The zero-order valence-electron chi connectivity index (χ0n) is 9.94. The van der Waals surface area contributed by atoms with Crippen molar-refractivity contribution in [2.45, 2.75) is 18.0 Å². The van der Waals surface area contributed by atoms with E-state index in [1.807, 2.05) is 0 Å². The number of rotatable bonds is 4. The molecule has 1 N–H and O–H groups in total. The highest BCUT2D eigenvalue weighted by Crippen LogP contribution is 2.36. The third-order valence-corrected chi connectivity index (χ3v) is 3.63. The van der Waals surface area contributed by atoms with Gasteiger partial charge in [0.25, 0.3) is 0 Å². The van der Waals surface area contributed by atoms with E-state index in [0.717, 1.165) is 17.3 Å². The van der Waals surface area contributed by atoms with E-state index in [9.17, 15) is 13.2 Å². The molecule has 1 aromatic carbocycles. The van der Waals surface area contributed by atoms with E-state index < -0.39 is 18.0 Å². The molecule has 0 radical (unpaired) electrons. The van der Waals surface area contributed by atoms with Crippen molar-refractivity contribution in [2.75, 3.05) is 19.0 Å². The van der Waals surface area contributed by atoms with E-state index in [1.54, 1.807) is 18.2 Å². The summed E-state index contributed by atoms with van der Waals surface area (Å²) < 4.78 is 47.3. The summed E-state index contributed by atoms with van der Waals surface area (Å²) in [5.74, 6) is 1.14. The Morgan fingerprint density at radius 2 is 2.00 bits per heavy atom. The quantitative estimate of drug-likeness (QED) is 0.926. The predicted molar refractivity (Wildman–Crippen MR) is 65.7 cm³/mol. The molecule has 1 atom stereocenters. The molecule has 1 aliphatic heterocycles. The standard InChI is InChI=1S/C12H13F3O3S/c13-12(14,15)10(16)7-19-6-8-2-1-3-9-11(8)18-5-4-17-9/h1-3,10,16H,4-7H2/t10-/m1/s1. The molecule has 0 fully saturated rings. The fraction of sp³-hybridized carbons (Fsp3) is 0.500. The van der Waals surface area contributed by atoms with Gasteiger partial charge in [0.15, 0.2) is 17.6 Å². The van der Waals surface area contributed by atoms with Crippen molar-refractivity contribution in [1.82, 2.24) is 0 Å². The normalized spacial score (nSPS) is 16.2. The van der Waals surface area contributed by atoms with Crippen LogP contribution in [0.3, 0.4) is 0 Å². The van der Waals surface area contributed by atoms with Crippen molar-refractivity contribution in [3.63, 3.8) is 0 Å². The number of thioether (sulfide) groups is 1. The van der Waals surface area contributed by atoms with Gasteiger partial charge in [0.1, 0.15) is 13.2 Å². The maximum Gasteiger partial charge on any atom is 0.415 e. The molecule has 1 heterocycles. The SMILES string of the molecule is O[C@H](CSCc1cccc2c1OCCO2)C(F)(F)F. The molecule has 3 nitrogen and oxygen atoms in total. The minimum Gasteiger partial charge on any atom is -0.486 e. The van der Waals surface area contributed by atoms with Gasteiger partial charge in [-0.3, -0.25) is 0 Å². The number of halogens is 3. The molecular formula is C12H13F3O3S. The van der Waals surface area contributed by atoms with Crippen LogP contribution in [-0.2, 0) is 5.75 Å². The summed E-state index contributed by atoms with van der Waals surface area (Å²) in [5, 5.41) is 8.90. The Hall–Kier alpha value is -1.08. The predicted octanol–water partition coefficient (Wildman–Crippen LogP) is 2.61. The van der Waals surface area contributed by atoms with E-state index in [-0.39, 0.29) is 0 Å². The Kier molecular flexibility index (Phi) is 4.46. The van der Waals surface area contributed by atoms with Gasteiger partial charge in [-0.1, -0.05) is 12.1 Å². The lowest BCUT2D eigenvalue weighted by Gasteiger charge is -2.21. The third kappa shape index (κ3) is 3.70. The van der Waals surface area contributed by atoms with Crippen LogP contribution in [0.4, 0.5) is 13.2 Å². The average Bonchev–Trinajstić information content (AvgIpc) is 2.38. The largest absolute Gasteiger partial charge is 0.486 e. The molecule has 2 rings (SSSR count). The lowest BCUT2D eigenvalue weighted by Crippen LogP contribution is -2.30. The Bertz CT molecular complexity index is 437.